The largest absolute Gasteiger partial charge is 0.378 e. The molecule has 2 atom stereocenters. The van der Waals surface area contributed by atoms with Gasteiger partial charge in [0.05, 0.1) is 24.2 Å². The Hall–Kier alpha value is -4.86. The Morgan fingerprint density at radius 1 is 0.614 bits per heavy atom. The predicted octanol–water partition coefficient (Wildman–Crippen LogP) is 5.20. The first kappa shape index (κ1) is 30.6. The quantitative estimate of drug-likeness (QED) is 0.258. The van der Waals surface area contributed by atoms with Crippen molar-refractivity contribution in [2.24, 2.45) is 0 Å². The van der Waals surface area contributed by atoms with Gasteiger partial charge < -0.3 is 20.4 Å². The molecule has 4 aromatic rings. The van der Waals surface area contributed by atoms with E-state index in [0.29, 0.717) is 11.6 Å². The van der Waals surface area contributed by atoms with Gasteiger partial charge in [0.2, 0.25) is 11.8 Å². The third-order valence-electron chi connectivity index (χ3n) is 8.05. The van der Waals surface area contributed by atoms with Gasteiger partial charge in [0.25, 0.3) is 0 Å². The number of nitrogens with zero attached hydrogens (tertiary/aromatic N) is 6. The summed E-state index contributed by atoms with van der Waals surface area (Å²) in [5.41, 5.74) is 5.90. The zero-order valence-electron chi connectivity index (χ0n) is 25.8. The number of rotatable bonds is 10. The summed E-state index contributed by atoms with van der Waals surface area (Å²) in [6.45, 7) is 0. The van der Waals surface area contributed by atoms with Gasteiger partial charge in [0.1, 0.15) is 0 Å². The first-order chi connectivity index (χ1) is 21.2. The highest BCUT2D eigenvalue weighted by Gasteiger charge is 2.27. The van der Waals surface area contributed by atoms with E-state index in [1.54, 1.807) is 0 Å². The molecule has 0 saturated heterocycles. The van der Waals surface area contributed by atoms with Crippen molar-refractivity contribution in [1.29, 1.82) is 0 Å². The molecule has 2 amide bonds. The van der Waals surface area contributed by atoms with E-state index < -0.39 is 0 Å². The SMILES string of the molecule is CN(C)c1ccc(CC(=O)Nc2ccc([C@H]3CCC[C@H](c4ccc(NC(=O)Cc5ccc(N(C)C)cc5)nn4)C3)nn2)cc1. The van der Waals surface area contributed by atoms with Gasteiger partial charge in [-0.1, -0.05) is 30.7 Å². The molecule has 0 bridgehead atoms. The normalized spacial score (nSPS) is 16.2. The third kappa shape index (κ3) is 8.15. The molecule has 2 aromatic heterocycles. The summed E-state index contributed by atoms with van der Waals surface area (Å²) in [7, 11) is 7.95. The Bertz CT molecular complexity index is 1420. The molecule has 1 aliphatic rings. The Morgan fingerprint density at radius 3 is 1.36 bits per heavy atom. The van der Waals surface area contributed by atoms with Gasteiger partial charge in [-0.3, -0.25) is 9.59 Å². The van der Waals surface area contributed by atoms with Crippen LogP contribution < -0.4 is 20.4 Å². The molecule has 10 heteroatoms. The Morgan fingerprint density at radius 2 is 1.02 bits per heavy atom. The van der Waals surface area contributed by atoms with Crippen LogP contribution in [0.1, 0.15) is 60.0 Å². The maximum absolute atomic E-state index is 12.6. The molecule has 0 aliphatic heterocycles. The number of anilines is 4. The third-order valence-corrected chi connectivity index (χ3v) is 8.05. The van der Waals surface area contributed by atoms with Crippen molar-refractivity contribution in [3.05, 3.63) is 95.3 Å². The average molecular weight is 593 g/mol. The minimum absolute atomic E-state index is 0.126. The van der Waals surface area contributed by atoms with E-state index in [9.17, 15) is 9.59 Å². The van der Waals surface area contributed by atoms with Crippen LogP contribution in [-0.4, -0.2) is 60.4 Å². The van der Waals surface area contributed by atoms with Crippen LogP contribution >= 0.6 is 0 Å². The summed E-state index contributed by atoms with van der Waals surface area (Å²) >= 11 is 0. The summed E-state index contributed by atoms with van der Waals surface area (Å²) in [4.78, 5) is 29.2. The first-order valence-corrected chi connectivity index (χ1v) is 15.0. The van der Waals surface area contributed by atoms with Crippen molar-refractivity contribution in [2.45, 2.75) is 50.4 Å². The summed E-state index contributed by atoms with van der Waals surface area (Å²) in [6.07, 6.45) is 4.54. The van der Waals surface area contributed by atoms with E-state index >= 15 is 0 Å². The molecule has 10 nitrogen and oxygen atoms in total. The van der Waals surface area contributed by atoms with Gasteiger partial charge in [-0.2, -0.15) is 10.2 Å². The number of carbonyl (C=O) groups is 2. The van der Waals surface area contributed by atoms with Crippen molar-refractivity contribution < 1.29 is 9.59 Å². The van der Waals surface area contributed by atoms with E-state index in [4.69, 9.17) is 0 Å². The molecule has 44 heavy (non-hydrogen) atoms. The van der Waals surface area contributed by atoms with Crippen LogP contribution in [-0.2, 0) is 22.4 Å². The molecule has 1 aliphatic carbocycles. The summed E-state index contributed by atoms with van der Waals surface area (Å²) < 4.78 is 0. The number of nitrogens with one attached hydrogen (secondary N) is 2. The molecule has 228 valence electrons. The number of benzene rings is 2. The van der Waals surface area contributed by atoms with Gasteiger partial charge >= 0.3 is 0 Å². The van der Waals surface area contributed by atoms with Crippen LogP contribution in [0.3, 0.4) is 0 Å². The van der Waals surface area contributed by atoms with E-state index in [0.717, 1.165) is 59.6 Å². The van der Waals surface area contributed by atoms with Gasteiger partial charge in [-0.15, -0.1) is 10.2 Å². The molecule has 2 aromatic carbocycles. The maximum atomic E-state index is 12.6. The standard InChI is InChI=1S/C34H40N8O2/c1-41(2)27-12-8-23(9-13-27)20-33(43)35-31-18-16-29(37-39-31)25-6-5-7-26(22-25)30-17-19-32(40-38-30)36-34(44)21-24-10-14-28(15-11-24)42(3)4/h8-19,25-26H,5-7,20-22H2,1-4H3,(H,35,39,43)(H,36,40,44)/t25-,26-/m0/s1. The van der Waals surface area contributed by atoms with Crippen LogP contribution in [0.2, 0.25) is 0 Å². The van der Waals surface area contributed by atoms with E-state index in [1.807, 2.05) is 111 Å². The highest BCUT2D eigenvalue weighted by atomic mass is 16.2. The highest BCUT2D eigenvalue weighted by molar-refractivity contribution is 5.92. The van der Waals surface area contributed by atoms with Crippen molar-refractivity contribution >= 4 is 34.8 Å². The molecule has 2 N–H and O–H groups in total. The number of amides is 2. The van der Waals surface area contributed by atoms with Gasteiger partial charge in [-0.05, 0) is 78.9 Å². The second-order valence-corrected chi connectivity index (χ2v) is 11.8. The number of carbonyl (C=O) groups excluding carboxylic acids is 2. The predicted molar refractivity (Wildman–Crippen MR) is 174 cm³/mol. The molecule has 0 spiro atoms. The van der Waals surface area contributed by atoms with E-state index in [2.05, 4.69) is 31.0 Å². The Balaban J connectivity index is 1.11. The van der Waals surface area contributed by atoms with Crippen molar-refractivity contribution in [2.75, 3.05) is 48.6 Å². The van der Waals surface area contributed by atoms with Crippen LogP contribution in [0.15, 0.2) is 72.8 Å². The molecule has 1 fully saturated rings. The topological polar surface area (TPSA) is 116 Å². The van der Waals surface area contributed by atoms with Crippen LogP contribution in [0.4, 0.5) is 23.0 Å². The lowest BCUT2D eigenvalue weighted by molar-refractivity contribution is -0.116. The van der Waals surface area contributed by atoms with Crippen molar-refractivity contribution in [1.82, 2.24) is 20.4 Å². The van der Waals surface area contributed by atoms with Crippen molar-refractivity contribution in [3.63, 3.8) is 0 Å². The molecule has 1 saturated carbocycles. The number of aromatic nitrogens is 4. The lowest BCUT2D eigenvalue weighted by Crippen LogP contribution is -2.18. The average Bonchev–Trinajstić information content (AvgIpc) is 3.02. The van der Waals surface area contributed by atoms with Crippen molar-refractivity contribution in [3.8, 4) is 0 Å². The highest BCUT2D eigenvalue weighted by Crippen LogP contribution is 2.40. The fourth-order valence-electron chi connectivity index (χ4n) is 5.55. The van der Waals surface area contributed by atoms with Crippen LogP contribution in [0.25, 0.3) is 0 Å². The fraction of sp³-hybridized carbons (Fsp3) is 0.353. The molecule has 0 radical (unpaired) electrons. The lowest BCUT2D eigenvalue weighted by Gasteiger charge is -2.28. The Kier molecular flexibility index (Phi) is 9.79. The smallest absolute Gasteiger partial charge is 0.229 e. The Labute approximate surface area is 258 Å². The second-order valence-electron chi connectivity index (χ2n) is 11.8. The van der Waals surface area contributed by atoms with Crippen LogP contribution in [0.5, 0.6) is 0 Å². The van der Waals surface area contributed by atoms with E-state index in [-0.39, 0.29) is 36.5 Å². The van der Waals surface area contributed by atoms with E-state index in [1.165, 1.54) is 0 Å². The van der Waals surface area contributed by atoms with Gasteiger partial charge in [-0.25, -0.2) is 0 Å². The maximum Gasteiger partial charge on any atom is 0.229 e. The minimum atomic E-state index is -0.126. The molecule has 0 unspecified atom stereocenters. The number of hydrogen-bond donors (Lipinski definition) is 2. The zero-order chi connectivity index (χ0) is 31.1. The zero-order valence-corrected chi connectivity index (χ0v) is 25.8. The summed E-state index contributed by atoms with van der Waals surface area (Å²) in [5, 5.41) is 23.2. The van der Waals surface area contributed by atoms with Gasteiger partial charge in [0, 0.05) is 51.4 Å². The van der Waals surface area contributed by atoms with Crippen LogP contribution in [0, 0.1) is 0 Å². The molecular weight excluding hydrogens is 552 g/mol. The second kappa shape index (κ2) is 14.1. The monoisotopic (exact) mass is 592 g/mol. The molecular formula is C34H40N8O2. The molecule has 5 rings (SSSR count). The lowest BCUT2D eigenvalue weighted by atomic mass is 9.78. The first-order valence-electron chi connectivity index (χ1n) is 15.0. The minimum Gasteiger partial charge on any atom is -0.378 e. The summed E-state index contributed by atoms with van der Waals surface area (Å²) in [6, 6.07) is 23.4. The van der Waals surface area contributed by atoms with Gasteiger partial charge in [0.15, 0.2) is 11.6 Å². The molecule has 2 heterocycles. The fourth-order valence-corrected chi connectivity index (χ4v) is 5.55. The summed E-state index contributed by atoms with van der Waals surface area (Å²) in [5.74, 6) is 1.15. The number of hydrogen-bond acceptors (Lipinski definition) is 8.